The summed E-state index contributed by atoms with van der Waals surface area (Å²) in [5.74, 6) is 1.07. The Bertz CT molecular complexity index is 599. The van der Waals surface area contributed by atoms with Crippen molar-refractivity contribution in [2.75, 3.05) is 52.5 Å². The molecule has 154 valence electrons. The minimum absolute atomic E-state index is 0. The molecule has 1 atom stereocenters. The van der Waals surface area contributed by atoms with Crippen molar-refractivity contribution in [2.24, 2.45) is 4.99 Å². The lowest BCUT2D eigenvalue weighted by Gasteiger charge is -2.32. The fourth-order valence-electron chi connectivity index (χ4n) is 3.91. The fourth-order valence-corrected chi connectivity index (χ4v) is 3.91. The van der Waals surface area contributed by atoms with Gasteiger partial charge in [0.2, 0.25) is 0 Å². The van der Waals surface area contributed by atoms with Crippen LogP contribution in [0.3, 0.4) is 0 Å². The zero-order valence-electron chi connectivity index (χ0n) is 17.0. The van der Waals surface area contributed by atoms with Gasteiger partial charge in [0, 0.05) is 57.5 Å². The van der Waals surface area contributed by atoms with E-state index in [4.69, 9.17) is 9.73 Å². The van der Waals surface area contributed by atoms with Crippen molar-refractivity contribution in [2.45, 2.75) is 46.2 Å². The molecule has 2 aliphatic heterocycles. The van der Waals surface area contributed by atoms with Gasteiger partial charge in [-0.3, -0.25) is 14.6 Å². The first kappa shape index (κ1) is 22.4. The molecular formula is C19H35IN6O. The van der Waals surface area contributed by atoms with Crippen molar-refractivity contribution in [1.82, 2.24) is 24.9 Å². The molecule has 0 radical (unpaired) electrons. The van der Waals surface area contributed by atoms with Crippen LogP contribution in [0.25, 0.3) is 0 Å². The molecule has 1 unspecified atom stereocenters. The van der Waals surface area contributed by atoms with Crippen LogP contribution in [0.2, 0.25) is 0 Å². The number of aromatic nitrogens is 2. The minimum Gasteiger partial charge on any atom is -0.379 e. The number of nitrogens with zero attached hydrogens (tertiary/aromatic N) is 5. The third kappa shape index (κ3) is 6.32. The summed E-state index contributed by atoms with van der Waals surface area (Å²) in [6.45, 7) is 15.0. The third-order valence-corrected chi connectivity index (χ3v) is 5.25. The predicted octanol–water partition coefficient (Wildman–Crippen LogP) is 1.88. The van der Waals surface area contributed by atoms with E-state index in [1.807, 2.05) is 6.92 Å². The minimum atomic E-state index is 0. The highest BCUT2D eigenvalue weighted by Gasteiger charge is 2.30. The van der Waals surface area contributed by atoms with E-state index >= 15 is 0 Å². The summed E-state index contributed by atoms with van der Waals surface area (Å²) >= 11 is 0. The summed E-state index contributed by atoms with van der Waals surface area (Å²) in [6.07, 6.45) is 2.23. The van der Waals surface area contributed by atoms with E-state index < -0.39 is 0 Å². The van der Waals surface area contributed by atoms with Crippen LogP contribution >= 0.6 is 24.0 Å². The van der Waals surface area contributed by atoms with Crippen molar-refractivity contribution in [1.29, 1.82) is 0 Å². The number of hydrogen-bond acceptors (Lipinski definition) is 4. The van der Waals surface area contributed by atoms with E-state index in [0.717, 1.165) is 77.1 Å². The second kappa shape index (κ2) is 11.2. The second-order valence-electron chi connectivity index (χ2n) is 7.28. The van der Waals surface area contributed by atoms with E-state index in [-0.39, 0.29) is 24.0 Å². The van der Waals surface area contributed by atoms with Gasteiger partial charge in [-0.15, -0.1) is 24.0 Å². The normalized spacial score (nSPS) is 21.4. The first-order valence-corrected chi connectivity index (χ1v) is 10.0. The highest BCUT2D eigenvalue weighted by Crippen LogP contribution is 2.17. The van der Waals surface area contributed by atoms with E-state index in [9.17, 15) is 0 Å². The van der Waals surface area contributed by atoms with E-state index in [2.05, 4.69) is 44.8 Å². The van der Waals surface area contributed by atoms with Crippen molar-refractivity contribution in [3.63, 3.8) is 0 Å². The SMILES string of the molecule is CCNC(=NCCCn1nc(C)cc1C)N1CCC(N2CCOCC2)C1.I. The number of guanidine groups is 1. The van der Waals surface area contributed by atoms with Gasteiger partial charge in [0.15, 0.2) is 5.96 Å². The van der Waals surface area contributed by atoms with E-state index in [1.165, 1.54) is 12.1 Å². The molecule has 2 saturated heterocycles. The van der Waals surface area contributed by atoms with Gasteiger partial charge in [0.1, 0.15) is 0 Å². The molecule has 7 nitrogen and oxygen atoms in total. The number of halogens is 1. The number of hydrogen-bond donors (Lipinski definition) is 1. The van der Waals surface area contributed by atoms with Crippen molar-refractivity contribution < 1.29 is 4.74 Å². The van der Waals surface area contributed by atoms with Crippen LogP contribution in [0.5, 0.6) is 0 Å². The van der Waals surface area contributed by atoms with Gasteiger partial charge < -0.3 is 15.0 Å². The Kier molecular flexibility index (Phi) is 9.31. The Balaban J connectivity index is 0.00000261. The van der Waals surface area contributed by atoms with Crippen LogP contribution in [-0.4, -0.2) is 84.1 Å². The lowest BCUT2D eigenvalue weighted by molar-refractivity contribution is 0.0195. The Morgan fingerprint density at radius 1 is 1.30 bits per heavy atom. The van der Waals surface area contributed by atoms with Gasteiger partial charge in [-0.2, -0.15) is 5.10 Å². The largest absolute Gasteiger partial charge is 0.379 e. The zero-order chi connectivity index (χ0) is 18.4. The fraction of sp³-hybridized carbons (Fsp3) is 0.789. The summed E-state index contributed by atoms with van der Waals surface area (Å²) < 4.78 is 7.57. The van der Waals surface area contributed by atoms with Gasteiger partial charge in [-0.05, 0) is 39.7 Å². The molecule has 0 aromatic carbocycles. The Hall–Kier alpha value is -0.870. The number of nitrogens with one attached hydrogen (secondary N) is 1. The summed E-state index contributed by atoms with van der Waals surface area (Å²) in [5.41, 5.74) is 2.32. The molecule has 8 heteroatoms. The molecule has 0 saturated carbocycles. The van der Waals surface area contributed by atoms with E-state index in [0.29, 0.717) is 6.04 Å². The maximum Gasteiger partial charge on any atom is 0.193 e. The average molecular weight is 490 g/mol. The van der Waals surface area contributed by atoms with Gasteiger partial charge in [-0.1, -0.05) is 0 Å². The first-order valence-electron chi connectivity index (χ1n) is 10.0. The van der Waals surface area contributed by atoms with Crippen LogP contribution in [0, 0.1) is 13.8 Å². The monoisotopic (exact) mass is 490 g/mol. The summed E-state index contributed by atoms with van der Waals surface area (Å²) in [6, 6.07) is 2.76. The molecule has 1 aromatic rings. The smallest absolute Gasteiger partial charge is 0.193 e. The standard InChI is InChI=1S/C19H34N6O.HI/c1-4-20-19(21-7-5-8-25-17(3)14-16(2)22-25)24-9-6-18(15-24)23-10-12-26-13-11-23;/h14,18H,4-13,15H2,1-3H3,(H,20,21);1H. The molecule has 0 aliphatic carbocycles. The Morgan fingerprint density at radius 3 is 2.74 bits per heavy atom. The van der Waals surface area contributed by atoms with Gasteiger partial charge in [0.05, 0.1) is 18.9 Å². The van der Waals surface area contributed by atoms with Crippen LogP contribution < -0.4 is 5.32 Å². The molecular weight excluding hydrogens is 455 g/mol. The number of likely N-dealkylation sites (tertiary alicyclic amines) is 1. The molecule has 0 spiro atoms. The lowest BCUT2D eigenvalue weighted by atomic mass is 10.2. The van der Waals surface area contributed by atoms with Gasteiger partial charge in [0.25, 0.3) is 0 Å². The molecule has 1 N–H and O–H groups in total. The zero-order valence-corrected chi connectivity index (χ0v) is 19.3. The maximum atomic E-state index is 5.49. The lowest BCUT2D eigenvalue weighted by Crippen LogP contribution is -2.46. The topological polar surface area (TPSA) is 57.9 Å². The molecule has 0 amide bonds. The first-order chi connectivity index (χ1) is 12.7. The van der Waals surface area contributed by atoms with Gasteiger partial charge in [-0.25, -0.2) is 0 Å². The second-order valence-corrected chi connectivity index (χ2v) is 7.28. The molecule has 2 fully saturated rings. The molecule has 3 heterocycles. The Morgan fingerprint density at radius 2 is 2.07 bits per heavy atom. The van der Waals surface area contributed by atoms with Crippen molar-refractivity contribution >= 4 is 29.9 Å². The predicted molar refractivity (Wildman–Crippen MR) is 120 cm³/mol. The molecule has 0 bridgehead atoms. The maximum absolute atomic E-state index is 5.49. The molecule has 27 heavy (non-hydrogen) atoms. The average Bonchev–Trinajstić information content (AvgIpc) is 3.25. The molecule has 3 rings (SSSR count). The van der Waals surface area contributed by atoms with Crippen molar-refractivity contribution in [3.05, 3.63) is 17.5 Å². The van der Waals surface area contributed by atoms with Crippen molar-refractivity contribution in [3.8, 4) is 0 Å². The van der Waals surface area contributed by atoms with Crippen LogP contribution in [0.1, 0.15) is 31.2 Å². The number of morpholine rings is 1. The highest BCUT2D eigenvalue weighted by molar-refractivity contribution is 14.0. The quantitative estimate of drug-likeness (QED) is 0.286. The number of ether oxygens (including phenoxy) is 1. The van der Waals surface area contributed by atoms with Gasteiger partial charge >= 0.3 is 0 Å². The third-order valence-electron chi connectivity index (χ3n) is 5.25. The van der Waals surface area contributed by atoms with E-state index in [1.54, 1.807) is 0 Å². The Labute approximate surface area is 180 Å². The summed E-state index contributed by atoms with van der Waals surface area (Å²) in [4.78, 5) is 9.88. The van der Waals surface area contributed by atoms with Crippen LogP contribution in [-0.2, 0) is 11.3 Å². The van der Waals surface area contributed by atoms with Crippen LogP contribution in [0.4, 0.5) is 0 Å². The molecule has 2 aliphatic rings. The highest BCUT2D eigenvalue weighted by atomic mass is 127. The molecule has 1 aromatic heterocycles. The number of aliphatic imine (C=N–C) groups is 1. The number of aryl methyl sites for hydroxylation is 3. The van der Waals surface area contributed by atoms with Crippen LogP contribution in [0.15, 0.2) is 11.1 Å². The summed E-state index contributed by atoms with van der Waals surface area (Å²) in [7, 11) is 0. The summed E-state index contributed by atoms with van der Waals surface area (Å²) in [5, 5.41) is 8.00. The number of rotatable bonds is 6.